The Balaban J connectivity index is 2.13. The number of hydrogen-bond acceptors (Lipinski definition) is 5. The summed E-state index contributed by atoms with van der Waals surface area (Å²) in [6.07, 6.45) is -0.396. The molecule has 6 heteroatoms. The van der Waals surface area contributed by atoms with Gasteiger partial charge in [-0.3, -0.25) is 9.59 Å². The number of hydrogen-bond donors (Lipinski definition) is 0. The molecule has 0 aliphatic rings. The molecule has 0 aliphatic carbocycles. The third-order valence-electron chi connectivity index (χ3n) is 3.68. The lowest BCUT2D eigenvalue weighted by atomic mass is 10.0. The van der Waals surface area contributed by atoms with E-state index in [2.05, 4.69) is 0 Å². The van der Waals surface area contributed by atoms with Crippen LogP contribution in [0.4, 0.5) is 0 Å². The Morgan fingerprint density at radius 2 is 1.56 bits per heavy atom. The molecule has 0 fully saturated rings. The fraction of sp³-hybridized carbons (Fsp3) is 0.286. The van der Waals surface area contributed by atoms with Crippen molar-refractivity contribution in [2.24, 2.45) is 0 Å². The lowest BCUT2D eigenvalue weighted by molar-refractivity contribution is -0.162. The van der Waals surface area contributed by atoms with Gasteiger partial charge in [0.05, 0.1) is 11.1 Å². The van der Waals surface area contributed by atoms with Crippen molar-refractivity contribution in [3.63, 3.8) is 0 Å². The number of halogens is 1. The largest absolute Gasteiger partial charge is 0.479 e. The van der Waals surface area contributed by atoms with E-state index in [4.69, 9.17) is 21.1 Å². The first-order chi connectivity index (χ1) is 12.6. The Labute approximate surface area is 163 Å². The molecule has 0 saturated heterocycles. The van der Waals surface area contributed by atoms with Crippen LogP contribution in [0.25, 0.3) is 0 Å². The van der Waals surface area contributed by atoms with E-state index in [-0.39, 0.29) is 5.78 Å². The highest BCUT2D eigenvalue weighted by atomic mass is 35.5. The molecule has 0 amide bonds. The zero-order valence-electron chi connectivity index (χ0n) is 15.6. The molecular weight excluding hydrogens is 368 g/mol. The van der Waals surface area contributed by atoms with Crippen molar-refractivity contribution in [3.05, 3.63) is 64.7 Å². The Morgan fingerprint density at radius 3 is 2.11 bits per heavy atom. The van der Waals surface area contributed by atoms with Crippen molar-refractivity contribution >= 4 is 29.1 Å². The molecule has 142 valence electrons. The van der Waals surface area contributed by atoms with Gasteiger partial charge in [-0.1, -0.05) is 23.7 Å². The first kappa shape index (κ1) is 20.6. The maximum Gasteiger partial charge on any atom is 0.379 e. The van der Waals surface area contributed by atoms with Gasteiger partial charge in [-0.2, -0.15) is 0 Å². The Kier molecular flexibility index (Phi) is 6.39. The van der Waals surface area contributed by atoms with Crippen LogP contribution in [0.3, 0.4) is 0 Å². The molecule has 0 heterocycles. The quantitative estimate of drug-likeness (QED) is 0.403. The van der Waals surface area contributed by atoms with Gasteiger partial charge in [0.25, 0.3) is 5.78 Å². The molecule has 0 spiro atoms. The van der Waals surface area contributed by atoms with Crippen molar-refractivity contribution in [1.82, 2.24) is 0 Å². The summed E-state index contributed by atoms with van der Waals surface area (Å²) in [6.45, 7) is 6.29. The van der Waals surface area contributed by atoms with E-state index in [1.807, 2.05) is 0 Å². The van der Waals surface area contributed by atoms with E-state index in [9.17, 15) is 14.4 Å². The van der Waals surface area contributed by atoms with Gasteiger partial charge in [-0.25, -0.2) is 4.79 Å². The van der Waals surface area contributed by atoms with Crippen LogP contribution in [0.1, 0.15) is 43.6 Å². The van der Waals surface area contributed by atoms with Gasteiger partial charge in [-0.15, -0.1) is 0 Å². The molecule has 0 radical (unpaired) electrons. The molecule has 2 aromatic rings. The first-order valence-corrected chi connectivity index (χ1v) is 8.83. The number of Topliss-reactive ketones (excluding diaryl/α,β-unsaturated/α-hetero) is 1. The van der Waals surface area contributed by atoms with Gasteiger partial charge in [0.15, 0.2) is 11.4 Å². The predicted molar refractivity (Wildman–Crippen MR) is 102 cm³/mol. The first-order valence-electron chi connectivity index (χ1n) is 8.45. The zero-order valence-corrected chi connectivity index (χ0v) is 16.4. The molecule has 0 unspecified atom stereocenters. The second kappa shape index (κ2) is 8.35. The third-order valence-corrected chi connectivity index (χ3v) is 4.01. The van der Waals surface area contributed by atoms with E-state index in [0.717, 1.165) is 0 Å². The molecule has 0 aromatic heterocycles. The van der Waals surface area contributed by atoms with Crippen LogP contribution in [0.5, 0.6) is 5.75 Å². The van der Waals surface area contributed by atoms with E-state index in [1.165, 1.54) is 13.8 Å². The normalized spacial score (nSPS) is 11.2. The summed E-state index contributed by atoms with van der Waals surface area (Å²) >= 11 is 6.06. The summed E-state index contributed by atoms with van der Waals surface area (Å²) in [5.41, 5.74) is -0.571. The summed E-state index contributed by atoms with van der Waals surface area (Å²) in [7, 11) is 0. The summed E-state index contributed by atoms with van der Waals surface area (Å²) < 4.78 is 10.6. The van der Waals surface area contributed by atoms with Crippen molar-refractivity contribution < 1.29 is 23.9 Å². The van der Waals surface area contributed by atoms with Crippen molar-refractivity contribution in [2.75, 3.05) is 0 Å². The Hall–Kier alpha value is -2.66. The van der Waals surface area contributed by atoms with Crippen LogP contribution in [-0.4, -0.2) is 29.2 Å². The molecule has 0 bridgehead atoms. The Bertz CT molecular complexity index is 853. The SMILES string of the molecule is CC(C)OC(=O)C(=O)C(C)(C)Oc1ccc(C(=O)c2ccccc2Cl)cc1. The minimum absolute atomic E-state index is 0.219. The highest BCUT2D eigenvalue weighted by Crippen LogP contribution is 2.23. The van der Waals surface area contributed by atoms with Crippen LogP contribution >= 0.6 is 11.6 Å². The smallest absolute Gasteiger partial charge is 0.379 e. The molecule has 0 N–H and O–H groups in total. The Morgan fingerprint density at radius 1 is 0.963 bits per heavy atom. The van der Waals surface area contributed by atoms with Crippen LogP contribution in [0.15, 0.2) is 48.5 Å². The van der Waals surface area contributed by atoms with Crippen molar-refractivity contribution in [2.45, 2.75) is 39.4 Å². The molecule has 0 atom stereocenters. The maximum atomic E-state index is 12.5. The van der Waals surface area contributed by atoms with Crippen molar-refractivity contribution in [1.29, 1.82) is 0 Å². The molecule has 0 aliphatic heterocycles. The molecule has 5 nitrogen and oxygen atoms in total. The maximum absolute atomic E-state index is 12.5. The van der Waals surface area contributed by atoms with Gasteiger partial charge in [0.2, 0.25) is 0 Å². The van der Waals surface area contributed by atoms with Gasteiger partial charge >= 0.3 is 5.97 Å². The second-order valence-corrected chi connectivity index (χ2v) is 7.14. The van der Waals surface area contributed by atoms with Gasteiger partial charge < -0.3 is 9.47 Å². The van der Waals surface area contributed by atoms with Crippen molar-refractivity contribution in [3.8, 4) is 5.75 Å². The van der Waals surface area contributed by atoms with E-state index < -0.39 is 23.5 Å². The standard InChI is InChI=1S/C21H21ClO5/c1-13(2)26-20(25)19(24)21(3,4)27-15-11-9-14(10-12-15)18(23)16-7-5-6-8-17(16)22/h5-13H,1-4H3. The number of carbonyl (C=O) groups is 3. The number of benzene rings is 2. The molecular formula is C21H21ClO5. The molecule has 2 aromatic carbocycles. The topological polar surface area (TPSA) is 69.7 Å². The number of ketones is 2. The number of ether oxygens (including phenoxy) is 2. The molecule has 0 saturated carbocycles. The summed E-state index contributed by atoms with van der Waals surface area (Å²) in [5.74, 6) is -1.60. The van der Waals surface area contributed by atoms with Gasteiger partial charge in [0.1, 0.15) is 5.75 Å². The van der Waals surface area contributed by atoms with E-state index in [1.54, 1.807) is 62.4 Å². The lowest BCUT2D eigenvalue weighted by Crippen LogP contribution is -2.44. The predicted octanol–water partition coefficient (Wildman–Crippen LogP) is 4.25. The monoisotopic (exact) mass is 388 g/mol. The average molecular weight is 389 g/mol. The number of esters is 1. The minimum atomic E-state index is -1.40. The van der Waals surface area contributed by atoms with Crippen LogP contribution < -0.4 is 4.74 Å². The van der Waals surface area contributed by atoms with Gasteiger partial charge in [-0.05, 0) is 64.1 Å². The van der Waals surface area contributed by atoms with Gasteiger partial charge in [0, 0.05) is 11.1 Å². The number of carbonyl (C=O) groups excluding carboxylic acids is 3. The second-order valence-electron chi connectivity index (χ2n) is 6.73. The highest BCUT2D eigenvalue weighted by Gasteiger charge is 2.37. The highest BCUT2D eigenvalue weighted by molar-refractivity contribution is 6.36. The van der Waals surface area contributed by atoms with Crippen LogP contribution in [-0.2, 0) is 14.3 Å². The summed E-state index contributed by atoms with van der Waals surface area (Å²) in [6, 6.07) is 13.1. The fourth-order valence-corrected chi connectivity index (χ4v) is 2.55. The number of rotatable bonds is 7. The van der Waals surface area contributed by atoms with E-state index in [0.29, 0.717) is 21.9 Å². The third kappa shape index (κ3) is 5.17. The van der Waals surface area contributed by atoms with Crippen LogP contribution in [0, 0.1) is 0 Å². The molecule has 2 rings (SSSR count). The average Bonchev–Trinajstić information content (AvgIpc) is 2.60. The zero-order chi connectivity index (χ0) is 20.2. The lowest BCUT2D eigenvalue weighted by Gasteiger charge is -2.24. The summed E-state index contributed by atoms with van der Waals surface area (Å²) in [4.78, 5) is 36.6. The summed E-state index contributed by atoms with van der Waals surface area (Å²) in [5, 5.41) is 0.373. The fourth-order valence-electron chi connectivity index (χ4n) is 2.33. The van der Waals surface area contributed by atoms with E-state index >= 15 is 0 Å². The molecule has 27 heavy (non-hydrogen) atoms. The minimum Gasteiger partial charge on any atom is -0.479 e. The van der Waals surface area contributed by atoms with Crippen LogP contribution in [0.2, 0.25) is 5.02 Å².